The summed E-state index contributed by atoms with van der Waals surface area (Å²) in [6.07, 6.45) is 0. The van der Waals surface area contributed by atoms with Gasteiger partial charge in [0.05, 0.1) is 0 Å². The van der Waals surface area contributed by atoms with Gasteiger partial charge in [0.25, 0.3) is 0 Å². The Morgan fingerprint density at radius 2 is 1.88 bits per heavy atom. The van der Waals surface area contributed by atoms with Crippen LogP contribution in [-0.2, 0) is 0 Å². The normalized spacial score (nSPS) is 10.1. The van der Waals surface area contributed by atoms with Crippen LogP contribution < -0.4 is 11.1 Å². The summed E-state index contributed by atoms with van der Waals surface area (Å²) < 4.78 is 1.18. The van der Waals surface area contributed by atoms with Gasteiger partial charge in [-0.3, -0.25) is 0 Å². The molecule has 0 spiro atoms. The van der Waals surface area contributed by atoms with E-state index in [0.29, 0.717) is 16.7 Å². The van der Waals surface area contributed by atoms with Gasteiger partial charge in [-0.15, -0.1) is 0 Å². The largest absolute Gasteiger partial charge is 0.399 e. The minimum atomic E-state index is 0.382. The average Bonchev–Trinajstić information content (AvgIpc) is 2.20. The zero-order chi connectivity index (χ0) is 11.5. The first kappa shape index (κ1) is 11.5. The Hall–Kier alpha value is -1.01. The number of hydrogen-bond acceptors (Lipinski definition) is 3. The van der Waals surface area contributed by atoms with Gasteiger partial charge in [-0.05, 0) is 52.9 Å². The molecule has 1 heterocycles. The standard InChI is InChI=1S/C11H9ClIN3/c12-10-5-8(14)6-11(16-10)15-9-3-1-7(13)2-4-9/h1-6H,(H3,14,15,16). The number of benzene rings is 1. The molecule has 1 aromatic carbocycles. The Bertz CT molecular complexity index is 479. The van der Waals surface area contributed by atoms with Gasteiger partial charge in [-0.1, -0.05) is 11.6 Å². The van der Waals surface area contributed by atoms with Gasteiger partial charge in [0, 0.05) is 21.0 Å². The maximum atomic E-state index is 5.81. The topological polar surface area (TPSA) is 50.9 Å². The second-order valence-electron chi connectivity index (χ2n) is 3.24. The summed E-state index contributed by atoms with van der Waals surface area (Å²) >= 11 is 8.06. The molecule has 0 saturated carbocycles. The van der Waals surface area contributed by atoms with E-state index in [2.05, 4.69) is 32.9 Å². The first-order chi connectivity index (χ1) is 7.63. The minimum Gasteiger partial charge on any atom is -0.399 e. The number of aromatic nitrogens is 1. The predicted molar refractivity (Wildman–Crippen MR) is 76.1 cm³/mol. The fraction of sp³-hybridized carbons (Fsp3) is 0. The summed E-state index contributed by atoms with van der Waals surface area (Å²) in [5.74, 6) is 0.645. The zero-order valence-corrected chi connectivity index (χ0v) is 11.2. The average molecular weight is 346 g/mol. The summed E-state index contributed by atoms with van der Waals surface area (Å²) in [5, 5.41) is 3.52. The number of halogens is 2. The molecule has 0 radical (unpaired) electrons. The molecule has 2 rings (SSSR count). The second-order valence-corrected chi connectivity index (χ2v) is 4.87. The quantitative estimate of drug-likeness (QED) is 0.645. The van der Waals surface area contributed by atoms with Crippen molar-refractivity contribution < 1.29 is 0 Å². The first-order valence-electron chi connectivity index (χ1n) is 4.59. The van der Waals surface area contributed by atoms with Gasteiger partial charge in [0.15, 0.2) is 0 Å². The Morgan fingerprint density at radius 3 is 2.50 bits per heavy atom. The molecule has 1 aromatic heterocycles. The molecule has 82 valence electrons. The molecule has 5 heteroatoms. The van der Waals surface area contributed by atoms with E-state index < -0.39 is 0 Å². The molecule has 0 aliphatic carbocycles. The monoisotopic (exact) mass is 345 g/mol. The van der Waals surface area contributed by atoms with Crippen molar-refractivity contribution in [2.75, 3.05) is 11.1 Å². The van der Waals surface area contributed by atoms with Crippen LogP contribution in [0.1, 0.15) is 0 Å². The highest BCUT2D eigenvalue weighted by Crippen LogP contribution is 2.20. The third kappa shape index (κ3) is 2.99. The van der Waals surface area contributed by atoms with Crippen molar-refractivity contribution in [2.24, 2.45) is 0 Å². The predicted octanol–water partition coefficient (Wildman–Crippen LogP) is 3.67. The van der Waals surface area contributed by atoms with Crippen molar-refractivity contribution in [3.8, 4) is 0 Å². The number of anilines is 3. The fourth-order valence-electron chi connectivity index (χ4n) is 1.26. The lowest BCUT2D eigenvalue weighted by Crippen LogP contribution is -1.95. The third-order valence-electron chi connectivity index (χ3n) is 1.93. The van der Waals surface area contributed by atoms with Crippen LogP contribution in [-0.4, -0.2) is 4.98 Å². The molecular formula is C11H9ClIN3. The Labute approximate surface area is 112 Å². The Kier molecular flexibility index (Phi) is 3.50. The minimum absolute atomic E-state index is 0.382. The van der Waals surface area contributed by atoms with E-state index in [4.69, 9.17) is 17.3 Å². The molecule has 0 bridgehead atoms. The lowest BCUT2D eigenvalue weighted by molar-refractivity contribution is 1.31. The maximum Gasteiger partial charge on any atom is 0.134 e. The van der Waals surface area contributed by atoms with Crippen LogP contribution in [0.5, 0.6) is 0 Å². The molecule has 3 N–H and O–H groups in total. The van der Waals surface area contributed by atoms with Crippen molar-refractivity contribution in [3.63, 3.8) is 0 Å². The summed E-state index contributed by atoms with van der Waals surface area (Å²) in [7, 11) is 0. The van der Waals surface area contributed by atoms with Gasteiger partial charge >= 0.3 is 0 Å². The molecule has 16 heavy (non-hydrogen) atoms. The second kappa shape index (κ2) is 4.88. The van der Waals surface area contributed by atoms with Gasteiger partial charge in [0.1, 0.15) is 11.0 Å². The first-order valence-corrected chi connectivity index (χ1v) is 6.05. The number of rotatable bonds is 2. The van der Waals surface area contributed by atoms with Gasteiger partial charge in [-0.2, -0.15) is 0 Å². The van der Waals surface area contributed by atoms with Gasteiger partial charge in [0.2, 0.25) is 0 Å². The van der Waals surface area contributed by atoms with E-state index in [1.807, 2.05) is 24.3 Å². The van der Waals surface area contributed by atoms with Crippen molar-refractivity contribution in [1.82, 2.24) is 4.98 Å². The van der Waals surface area contributed by atoms with Crippen LogP contribution in [0.25, 0.3) is 0 Å². The summed E-state index contributed by atoms with van der Waals surface area (Å²) in [6, 6.07) is 11.3. The fourth-order valence-corrected chi connectivity index (χ4v) is 1.84. The lowest BCUT2D eigenvalue weighted by atomic mass is 10.3. The van der Waals surface area contributed by atoms with E-state index in [-0.39, 0.29) is 0 Å². The van der Waals surface area contributed by atoms with Crippen LogP contribution in [0.3, 0.4) is 0 Å². The molecule has 2 aromatic rings. The number of nitrogens with two attached hydrogens (primary N) is 1. The van der Waals surface area contributed by atoms with Crippen LogP contribution in [0.4, 0.5) is 17.2 Å². The third-order valence-corrected chi connectivity index (χ3v) is 2.85. The van der Waals surface area contributed by atoms with E-state index in [1.54, 1.807) is 12.1 Å². The number of pyridine rings is 1. The van der Waals surface area contributed by atoms with Crippen molar-refractivity contribution >= 4 is 51.4 Å². The molecular weight excluding hydrogens is 336 g/mol. The van der Waals surface area contributed by atoms with E-state index >= 15 is 0 Å². The van der Waals surface area contributed by atoms with Crippen molar-refractivity contribution in [2.45, 2.75) is 0 Å². The zero-order valence-electron chi connectivity index (χ0n) is 8.24. The highest BCUT2D eigenvalue weighted by atomic mass is 127. The molecule has 0 atom stereocenters. The van der Waals surface area contributed by atoms with Crippen molar-refractivity contribution in [1.29, 1.82) is 0 Å². The summed E-state index contributed by atoms with van der Waals surface area (Å²) in [4.78, 5) is 4.12. The van der Waals surface area contributed by atoms with Crippen LogP contribution in [0.15, 0.2) is 36.4 Å². The Balaban J connectivity index is 2.23. The van der Waals surface area contributed by atoms with E-state index in [1.165, 1.54) is 3.57 Å². The molecule has 0 unspecified atom stereocenters. The van der Waals surface area contributed by atoms with Crippen LogP contribution in [0.2, 0.25) is 5.15 Å². The maximum absolute atomic E-state index is 5.81. The van der Waals surface area contributed by atoms with Crippen LogP contribution >= 0.6 is 34.2 Å². The van der Waals surface area contributed by atoms with Gasteiger partial charge in [-0.25, -0.2) is 4.98 Å². The molecule has 0 saturated heterocycles. The number of nitrogens with one attached hydrogen (secondary N) is 1. The molecule has 3 nitrogen and oxygen atoms in total. The van der Waals surface area contributed by atoms with Crippen molar-refractivity contribution in [3.05, 3.63) is 45.1 Å². The number of nitrogen functional groups attached to an aromatic ring is 1. The highest BCUT2D eigenvalue weighted by molar-refractivity contribution is 14.1. The SMILES string of the molecule is Nc1cc(Cl)nc(Nc2ccc(I)cc2)c1. The van der Waals surface area contributed by atoms with Crippen LogP contribution in [0, 0.1) is 3.57 Å². The number of nitrogens with zero attached hydrogens (tertiary/aromatic N) is 1. The molecule has 0 fully saturated rings. The van der Waals surface area contributed by atoms with E-state index in [9.17, 15) is 0 Å². The van der Waals surface area contributed by atoms with Gasteiger partial charge < -0.3 is 11.1 Å². The lowest BCUT2D eigenvalue weighted by Gasteiger charge is -2.06. The summed E-state index contributed by atoms with van der Waals surface area (Å²) in [5.41, 5.74) is 7.22. The Morgan fingerprint density at radius 1 is 1.19 bits per heavy atom. The smallest absolute Gasteiger partial charge is 0.134 e. The van der Waals surface area contributed by atoms with E-state index in [0.717, 1.165) is 5.69 Å². The molecule has 0 aliphatic rings. The molecule has 0 amide bonds. The molecule has 0 aliphatic heterocycles. The highest BCUT2D eigenvalue weighted by Gasteiger charge is 1.99. The number of hydrogen-bond donors (Lipinski definition) is 2. The summed E-state index contributed by atoms with van der Waals surface area (Å²) in [6.45, 7) is 0.